The van der Waals surface area contributed by atoms with E-state index in [0.29, 0.717) is 16.3 Å². The summed E-state index contributed by atoms with van der Waals surface area (Å²) >= 11 is 5.76. The van der Waals surface area contributed by atoms with E-state index in [0.717, 1.165) is 0 Å². The molecule has 4 heteroatoms. The van der Waals surface area contributed by atoms with Gasteiger partial charge in [0.15, 0.2) is 0 Å². The van der Waals surface area contributed by atoms with Crippen molar-refractivity contribution in [1.29, 1.82) is 5.26 Å². The molecule has 1 aromatic rings. The van der Waals surface area contributed by atoms with Gasteiger partial charge >= 0.3 is 0 Å². The van der Waals surface area contributed by atoms with Crippen molar-refractivity contribution >= 4 is 23.2 Å². The molecule has 0 atom stereocenters. The van der Waals surface area contributed by atoms with E-state index in [1.165, 1.54) is 0 Å². The second kappa shape index (κ2) is 4.81. The number of nitriles is 1. The number of rotatable bonds is 2. The van der Waals surface area contributed by atoms with Gasteiger partial charge in [0.1, 0.15) is 6.07 Å². The van der Waals surface area contributed by atoms with Crippen molar-refractivity contribution in [3.8, 4) is 6.07 Å². The molecule has 0 unspecified atom stereocenters. The topological polar surface area (TPSA) is 52.9 Å². The highest BCUT2D eigenvalue weighted by molar-refractivity contribution is 6.31. The maximum Gasteiger partial charge on any atom is 0.226 e. The van der Waals surface area contributed by atoms with Crippen LogP contribution < -0.4 is 5.32 Å². The van der Waals surface area contributed by atoms with Crippen LogP contribution in [0, 0.1) is 17.2 Å². The molecular formula is C11H11ClN2O. The average molecular weight is 223 g/mol. The van der Waals surface area contributed by atoms with E-state index >= 15 is 0 Å². The first kappa shape index (κ1) is 11.5. The Kier molecular flexibility index (Phi) is 3.70. The lowest BCUT2D eigenvalue weighted by atomic mass is 10.2. The van der Waals surface area contributed by atoms with Crippen LogP contribution in [0.1, 0.15) is 19.4 Å². The number of hydrogen-bond acceptors (Lipinski definition) is 2. The lowest BCUT2D eigenvalue weighted by molar-refractivity contribution is -0.118. The summed E-state index contributed by atoms with van der Waals surface area (Å²) in [4.78, 5) is 11.4. The largest absolute Gasteiger partial charge is 0.326 e. The van der Waals surface area contributed by atoms with Crippen LogP contribution in [0.2, 0.25) is 5.02 Å². The Bertz CT molecular complexity index is 421. The summed E-state index contributed by atoms with van der Waals surface area (Å²) in [5.41, 5.74) is 0.952. The smallest absolute Gasteiger partial charge is 0.226 e. The molecule has 3 nitrogen and oxygen atoms in total. The van der Waals surface area contributed by atoms with Gasteiger partial charge in [-0.1, -0.05) is 25.4 Å². The minimum absolute atomic E-state index is 0.0822. The van der Waals surface area contributed by atoms with Crippen molar-refractivity contribution in [2.75, 3.05) is 5.32 Å². The second-order valence-electron chi connectivity index (χ2n) is 3.45. The fourth-order valence-electron chi connectivity index (χ4n) is 0.975. The zero-order valence-corrected chi connectivity index (χ0v) is 9.30. The van der Waals surface area contributed by atoms with Crippen molar-refractivity contribution in [2.45, 2.75) is 13.8 Å². The Hall–Kier alpha value is -1.53. The van der Waals surface area contributed by atoms with Gasteiger partial charge in [0.25, 0.3) is 0 Å². The van der Waals surface area contributed by atoms with E-state index in [1.807, 2.05) is 6.07 Å². The molecule has 1 amide bonds. The predicted molar refractivity (Wildman–Crippen MR) is 59.6 cm³/mol. The van der Waals surface area contributed by atoms with Gasteiger partial charge in [-0.05, 0) is 18.2 Å². The summed E-state index contributed by atoms with van der Waals surface area (Å²) < 4.78 is 0. The first-order valence-electron chi connectivity index (χ1n) is 4.55. The molecule has 0 aliphatic carbocycles. The Labute approximate surface area is 93.7 Å². The number of benzene rings is 1. The van der Waals surface area contributed by atoms with Crippen LogP contribution in [0.4, 0.5) is 5.69 Å². The lowest BCUT2D eigenvalue weighted by Gasteiger charge is -2.07. The molecule has 0 aromatic heterocycles. The highest BCUT2D eigenvalue weighted by atomic mass is 35.5. The summed E-state index contributed by atoms with van der Waals surface area (Å²) in [5, 5.41) is 11.8. The molecule has 0 radical (unpaired) electrons. The van der Waals surface area contributed by atoms with Crippen molar-refractivity contribution in [3.63, 3.8) is 0 Å². The van der Waals surface area contributed by atoms with Crippen LogP contribution in [0.3, 0.4) is 0 Å². The fourth-order valence-corrected chi connectivity index (χ4v) is 1.14. The Morgan fingerprint density at radius 2 is 2.20 bits per heavy atom. The van der Waals surface area contributed by atoms with Gasteiger partial charge in [-0.25, -0.2) is 0 Å². The van der Waals surface area contributed by atoms with Crippen LogP contribution in [-0.4, -0.2) is 5.91 Å². The molecular weight excluding hydrogens is 212 g/mol. The monoisotopic (exact) mass is 222 g/mol. The predicted octanol–water partition coefficient (Wildman–Crippen LogP) is 2.81. The summed E-state index contributed by atoms with van der Waals surface area (Å²) in [6, 6.07) is 6.78. The third kappa shape index (κ3) is 2.97. The maximum atomic E-state index is 11.4. The normalized spacial score (nSPS) is 9.80. The quantitative estimate of drug-likeness (QED) is 0.837. The van der Waals surface area contributed by atoms with Crippen molar-refractivity contribution < 1.29 is 4.79 Å². The second-order valence-corrected chi connectivity index (χ2v) is 3.86. The molecule has 1 aromatic carbocycles. The SMILES string of the molecule is CC(C)C(=O)Nc1ccc(Cl)c(C#N)c1. The summed E-state index contributed by atoms with van der Waals surface area (Å²) in [6.45, 7) is 3.60. The molecule has 0 saturated heterocycles. The van der Waals surface area contributed by atoms with Crippen LogP contribution in [0.5, 0.6) is 0 Å². The van der Waals surface area contributed by atoms with Crippen LogP contribution in [0.25, 0.3) is 0 Å². The average Bonchev–Trinajstić information content (AvgIpc) is 2.20. The first-order valence-corrected chi connectivity index (χ1v) is 4.93. The Morgan fingerprint density at radius 3 is 2.73 bits per heavy atom. The zero-order valence-electron chi connectivity index (χ0n) is 8.54. The summed E-state index contributed by atoms with van der Waals surface area (Å²) in [6.07, 6.45) is 0. The van der Waals surface area contributed by atoms with E-state index in [9.17, 15) is 4.79 Å². The van der Waals surface area contributed by atoms with Gasteiger partial charge in [-0.15, -0.1) is 0 Å². The maximum absolute atomic E-state index is 11.4. The lowest BCUT2D eigenvalue weighted by Crippen LogP contribution is -2.17. The first-order chi connectivity index (χ1) is 7.04. The Balaban J connectivity index is 2.89. The number of amides is 1. The Morgan fingerprint density at radius 1 is 1.53 bits per heavy atom. The standard InChI is InChI=1S/C11H11ClN2O/c1-7(2)11(15)14-9-3-4-10(12)8(5-9)6-13/h3-5,7H,1-2H3,(H,14,15). The molecule has 15 heavy (non-hydrogen) atoms. The van der Waals surface area contributed by atoms with Gasteiger partial charge < -0.3 is 5.32 Å². The molecule has 0 aliphatic rings. The fraction of sp³-hybridized carbons (Fsp3) is 0.273. The molecule has 1 rings (SSSR count). The van der Waals surface area contributed by atoms with Crippen molar-refractivity contribution in [3.05, 3.63) is 28.8 Å². The van der Waals surface area contributed by atoms with E-state index in [1.54, 1.807) is 32.0 Å². The molecule has 1 N–H and O–H groups in total. The molecule has 0 spiro atoms. The third-order valence-corrected chi connectivity index (χ3v) is 2.21. The number of hydrogen-bond donors (Lipinski definition) is 1. The number of nitrogens with one attached hydrogen (secondary N) is 1. The number of carbonyl (C=O) groups excluding carboxylic acids is 1. The van der Waals surface area contributed by atoms with E-state index in [-0.39, 0.29) is 11.8 Å². The highest BCUT2D eigenvalue weighted by Gasteiger charge is 2.08. The van der Waals surface area contributed by atoms with Crippen molar-refractivity contribution in [2.24, 2.45) is 5.92 Å². The minimum Gasteiger partial charge on any atom is -0.326 e. The molecule has 78 valence electrons. The van der Waals surface area contributed by atoms with Gasteiger partial charge in [-0.2, -0.15) is 5.26 Å². The summed E-state index contributed by atoms with van der Waals surface area (Å²) in [5.74, 6) is -0.174. The van der Waals surface area contributed by atoms with E-state index in [4.69, 9.17) is 16.9 Å². The van der Waals surface area contributed by atoms with E-state index in [2.05, 4.69) is 5.32 Å². The molecule has 0 fully saturated rings. The molecule has 0 bridgehead atoms. The molecule has 0 heterocycles. The molecule has 0 aliphatic heterocycles. The van der Waals surface area contributed by atoms with Crippen LogP contribution >= 0.6 is 11.6 Å². The number of nitrogens with zero attached hydrogens (tertiary/aromatic N) is 1. The van der Waals surface area contributed by atoms with Crippen LogP contribution in [0.15, 0.2) is 18.2 Å². The van der Waals surface area contributed by atoms with Gasteiger partial charge in [0.2, 0.25) is 5.91 Å². The number of carbonyl (C=O) groups is 1. The highest BCUT2D eigenvalue weighted by Crippen LogP contribution is 2.19. The molecule has 0 saturated carbocycles. The van der Waals surface area contributed by atoms with Crippen molar-refractivity contribution in [1.82, 2.24) is 0 Å². The number of anilines is 1. The van der Waals surface area contributed by atoms with E-state index < -0.39 is 0 Å². The van der Waals surface area contributed by atoms with Crippen LogP contribution in [-0.2, 0) is 4.79 Å². The number of halogens is 1. The third-order valence-electron chi connectivity index (χ3n) is 1.88. The minimum atomic E-state index is -0.0915. The zero-order chi connectivity index (χ0) is 11.4. The van der Waals surface area contributed by atoms with Gasteiger partial charge in [-0.3, -0.25) is 4.79 Å². The van der Waals surface area contributed by atoms with Gasteiger partial charge in [0, 0.05) is 11.6 Å². The summed E-state index contributed by atoms with van der Waals surface area (Å²) in [7, 11) is 0. The van der Waals surface area contributed by atoms with Gasteiger partial charge in [0.05, 0.1) is 10.6 Å².